The summed E-state index contributed by atoms with van der Waals surface area (Å²) in [7, 11) is 0. The molecule has 0 unspecified atom stereocenters. The Morgan fingerprint density at radius 3 is 1.88 bits per heavy atom. The van der Waals surface area contributed by atoms with Crippen LogP contribution in [-0.4, -0.2) is 5.92 Å². The van der Waals surface area contributed by atoms with Gasteiger partial charge in [-0.15, -0.1) is 0 Å². The molecule has 0 spiro atoms. The minimum Gasteiger partial charge on any atom is -0.274 e. The summed E-state index contributed by atoms with van der Waals surface area (Å²) in [6.45, 7) is 4.33. The maximum absolute atomic E-state index is 11.6. The number of halogens is 2. The van der Waals surface area contributed by atoms with Gasteiger partial charge in [-0.25, -0.2) is 8.78 Å². The van der Waals surface area contributed by atoms with E-state index in [2.05, 4.69) is 6.92 Å². The Kier molecular flexibility index (Phi) is 7.04. The van der Waals surface area contributed by atoms with Crippen LogP contribution >= 0.6 is 0 Å². The molecule has 3 heteroatoms. The first-order valence-electron chi connectivity index (χ1n) is 2.29. The molecule has 0 saturated carbocycles. The summed E-state index contributed by atoms with van der Waals surface area (Å²) < 4.78 is 23.2. The minimum absolute atomic E-state index is 0. The van der Waals surface area contributed by atoms with Crippen molar-refractivity contribution < 1.29 is 41.5 Å². The molecule has 0 heterocycles. The molecule has 0 N–H and O–H groups in total. The Morgan fingerprint density at radius 1 is 1.50 bits per heavy atom. The Hall–Kier alpha value is 0.964. The first-order valence-corrected chi connectivity index (χ1v) is 2.29. The minimum atomic E-state index is -2.70. The number of rotatable bonds is 2. The van der Waals surface area contributed by atoms with Crippen LogP contribution < -0.4 is 0 Å². The van der Waals surface area contributed by atoms with Crippen LogP contribution in [0.1, 0.15) is 19.8 Å². The van der Waals surface area contributed by atoms with Crippen LogP contribution in [0.4, 0.5) is 8.78 Å². The summed E-state index contributed by atoms with van der Waals surface area (Å²) in [6.07, 6.45) is 0.392. The van der Waals surface area contributed by atoms with Crippen molar-refractivity contribution in [3.8, 4) is 0 Å². The molecule has 1 radical (unpaired) electrons. The van der Waals surface area contributed by atoms with Gasteiger partial charge in [-0.3, -0.25) is 6.92 Å². The van der Waals surface area contributed by atoms with Gasteiger partial charge in [0.05, 0.1) is 0 Å². The zero-order valence-electron chi connectivity index (χ0n) is 4.95. The molecule has 0 atom stereocenters. The first-order chi connectivity index (χ1) is 3.06. The van der Waals surface area contributed by atoms with Crippen LogP contribution in [0, 0.1) is 6.92 Å². The zero-order chi connectivity index (χ0) is 5.91. The molecule has 0 amide bonds. The molecule has 0 aliphatic carbocycles. The third-order valence-corrected chi connectivity index (χ3v) is 0.616. The van der Waals surface area contributed by atoms with E-state index in [1.165, 1.54) is 0 Å². The number of hydrogen-bond acceptors (Lipinski definition) is 0. The Balaban J connectivity index is 0. The van der Waals surface area contributed by atoms with Gasteiger partial charge in [-0.1, -0.05) is 13.3 Å². The van der Waals surface area contributed by atoms with Gasteiger partial charge >= 0.3 is 0 Å². The van der Waals surface area contributed by atoms with Crippen molar-refractivity contribution in [3.63, 3.8) is 0 Å². The Bertz CT molecular complexity index is 48.9. The van der Waals surface area contributed by atoms with Crippen molar-refractivity contribution >= 4 is 0 Å². The van der Waals surface area contributed by atoms with E-state index in [1.807, 2.05) is 0 Å². The van der Waals surface area contributed by atoms with Crippen LogP contribution in [0.25, 0.3) is 0 Å². The van der Waals surface area contributed by atoms with Crippen LogP contribution in [-0.2, 0) is 32.7 Å². The molecule has 0 saturated heterocycles. The molecule has 0 fully saturated rings. The topological polar surface area (TPSA) is 0 Å². The number of alkyl halides is 2. The maximum atomic E-state index is 11.6. The van der Waals surface area contributed by atoms with Gasteiger partial charge in [-0.05, 0) is 6.42 Å². The van der Waals surface area contributed by atoms with Gasteiger partial charge in [0.25, 0.3) is 0 Å². The van der Waals surface area contributed by atoms with E-state index in [1.54, 1.807) is 6.92 Å². The van der Waals surface area contributed by atoms with Gasteiger partial charge in [0.2, 0.25) is 0 Å². The second-order valence-corrected chi connectivity index (χ2v) is 1.61. The van der Waals surface area contributed by atoms with E-state index >= 15 is 0 Å². The van der Waals surface area contributed by atoms with Crippen molar-refractivity contribution in [2.24, 2.45) is 0 Å². The van der Waals surface area contributed by atoms with Crippen LogP contribution in [0.15, 0.2) is 0 Å². The van der Waals surface area contributed by atoms with E-state index < -0.39 is 5.92 Å². The fourth-order valence-electron chi connectivity index (χ4n) is 0.366. The second-order valence-electron chi connectivity index (χ2n) is 1.61. The first kappa shape index (κ1) is 11.7. The largest absolute Gasteiger partial charge is 0.274 e. The molecule has 0 aromatic rings. The summed E-state index contributed by atoms with van der Waals surface area (Å²) in [6, 6.07) is 0. The molecular weight excluding hydrogens is 187 g/mol. The van der Waals surface area contributed by atoms with E-state index in [-0.39, 0.29) is 39.1 Å². The molecule has 0 aliphatic rings. The van der Waals surface area contributed by atoms with Crippen LogP contribution in [0.3, 0.4) is 0 Å². The molecule has 47 valence electrons. The van der Waals surface area contributed by atoms with Gasteiger partial charge in [0.1, 0.15) is 5.92 Å². The van der Waals surface area contributed by atoms with Gasteiger partial charge in [0, 0.05) is 32.7 Å². The standard InChI is InChI=1S/C5H9F2.Y/c1-3-4-5(2,6)7;/h2-4H2,1H3;/q-1;. The monoisotopic (exact) mass is 196 g/mol. The van der Waals surface area contributed by atoms with Crippen molar-refractivity contribution in [2.45, 2.75) is 25.7 Å². The molecule has 0 aromatic heterocycles. The van der Waals surface area contributed by atoms with Crippen molar-refractivity contribution in [2.75, 3.05) is 0 Å². The summed E-state index contributed by atoms with van der Waals surface area (Å²) >= 11 is 0. The summed E-state index contributed by atoms with van der Waals surface area (Å²) in [5.74, 6) is -2.70. The number of hydrogen-bond donors (Lipinski definition) is 0. The predicted octanol–water partition coefficient (Wildman–Crippen LogP) is 2.25. The predicted molar refractivity (Wildman–Crippen MR) is 25.2 cm³/mol. The molecule has 0 aliphatic heterocycles. The third kappa shape index (κ3) is 10.1. The molecule has 0 nitrogen and oxygen atoms in total. The summed E-state index contributed by atoms with van der Waals surface area (Å²) in [4.78, 5) is 0. The summed E-state index contributed by atoms with van der Waals surface area (Å²) in [5.41, 5.74) is 0. The maximum Gasteiger partial charge on any atom is 0.129 e. The fraction of sp³-hybridized carbons (Fsp3) is 0.800. The van der Waals surface area contributed by atoms with Crippen molar-refractivity contribution in [1.29, 1.82) is 0 Å². The zero-order valence-corrected chi connectivity index (χ0v) is 7.79. The van der Waals surface area contributed by atoms with E-state index in [0.717, 1.165) is 0 Å². The van der Waals surface area contributed by atoms with Gasteiger partial charge in [-0.2, -0.15) is 0 Å². The SMILES string of the molecule is [CH2-]C(F)(F)CCC.[Y]. The molecule has 0 rings (SSSR count). The van der Waals surface area contributed by atoms with E-state index in [9.17, 15) is 8.78 Å². The van der Waals surface area contributed by atoms with Crippen molar-refractivity contribution in [1.82, 2.24) is 0 Å². The average molecular weight is 196 g/mol. The van der Waals surface area contributed by atoms with E-state index in [0.29, 0.717) is 6.42 Å². The summed E-state index contributed by atoms with van der Waals surface area (Å²) in [5, 5.41) is 0. The molecule has 0 aromatic carbocycles. The van der Waals surface area contributed by atoms with Gasteiger partial charge < -0.3 is 0 Å². The molecule has 0 bridgehead atoms. The molecule has 8 heavy (non-hydrogen) atoms. The van der Waals surface area contributed by atoms with Crippen LogP contribution in [0.5, 0.6) is 0 Å². The second kappa shape index (κ2) is 4.81. The molecular formula is C5H9F2Y-. The van der Waals surface area contributed by atoms with Crippen molar-refractivity contribution in [3.05, 3.63) is 6.92 Å². The fourth-order valence-corrected chi connectivity index (χ4v) is 0.366. The normalized spacial score (nSPS) is 10.5. The van der Waals surface area contributed by atoms with Crippen LogP contribution in [0.2, 0.25) is 0 Å². The Morgan fingerprint density at radius 2 is 1.88 bits per heavy atom. The smallest absolute Gasteiger partial charge is 0.129 e. The van der Waals surface area contributed by atoms with Gasteiger partial charge in [0.15, 0.2) is 0 Å². The van der Waals surface area contributed by atoms with E-state index in [4.69, 9.17) is 0 Å². The third-order valence-electron chi connectivity index (χ3n) is 0.616. The quantitative estimate of drug-likeness (QED) is 0.594. The average Bonchev–Trinajstić information content (AvgIpc) is 1.30. The Labute approximate surface area is 73.9 Å².